The number of nitrogens with one attached hydrogen (secondary N) is 1. The lowest BCUT2D eigenvalue weighted by atomic mass is 9.98. The maximum atomic E-state index is 12.3. The van der Waals surface area contributed by atoms with Gasteiger partial charge < -0.3 is 19.7 Å². The number of aromatic nitrogens is 1. The summed E-state index contributed by atoms with van der Waals surface area (Å²) in [6.07, 6.45) is 2.55. The standard InChI is InChI=1S/C21H27N3O3/c1-21(2,3)23-20(25)15-6-7-19(22-12-15)24-9-8-14-10-17(26-4)18(27-5)11-16(14)13-24/h6-7,10-12H,8-9,13H2,1-5H3,(H,23,25). The first-order valence-corrected chi connectivity index (χ1v) is 9.08. The van der Waals surface area contributed by atoms with Crippen LogP contribution in [-0.4, -0.2) is 37.2 Å². The van der Waals surface area contributed by atoms with E-state index in [0.717, 1.165) is 36.8 Å². The Kier molecular flexibility index (Phi) is 5.26. The third-order valence-corrected chi connectivity index (χ3v) is 4.54. The van der Waals surface area contributed by atoms with E-state index in [0.29, 0.717) is 5.56 Å². The van der Waals surface area contributed by atoms with E-state index in [9.17, 15) is 4.79 Å². The van der Waals surface area contributed by atoms with E-state index in [1.165, 1.54) is 11.1 Å². The molecule has 0 saturated carbocycles. The molecule has 0 radical (unpaired) electrons. The number of fused-ring (bicyclic) bond motifs is 1. The molecule has 1 N–H and O–H groups in total. The zero-order chi connectivity index (χ0) is 19.6. The summed E-state index contributed by atoms with van der Waals surface area (Å²) in [4.78, 5) is 19.0. The Bertz CT molecular complexity index is 826. The van der Waals surface area contributed by atoms with Crippen molar-refractivity contribution in [2.24, 2.45) is 0 Å². The predicted molar refractivity (Wildman–Crippen MR) is 106 cm³/mol. The van der Waals surface area contributed by atoms with Gasteiger partial charge in [0.2, 0.25) is 0 Å². The third kappa shape index (κ3) is 4.32. The number of pyridine rings is 1. The minimum atomic E-state index is -0.271. The van der Waals surface area contributed by atoms with E-state index in [4.69, 9.17) is 9.47 Å². The van der Waals surface area contributed by atoms with Gasteiger partial charge >= 0.3 is 0 Å². The number of carbonyl (C=O) groups is 1. The molecule has 1 aliphatic rings. The van der Waals surface area contributed by atoms with E-state index in [2.05, 4.69) is 21.3 Å². The Morgan fingerprint density at radius 3 is 2.33 bits per heavy atom. The molecule has 0 fully saturated rings. The molecule has 0 saturated heterocycles. The molecule has 2 heterocycles. The summed E-state index contributed by atoms with van der Waals surface area (Å²) >= 11 is 0. The lowest BCUT2D eigenvalue weighted by molar-refractivity contribution is 0.0919. The van der Waals surface area contributed by atoms with E-state index in [1.807, 2.05) is 39.0 Å². The second-order valence-corrected chi connectivity index (χ2v) is 7.76. The van der Waals surface area contributed by atoms with Crippen molar-refractivity contribution in [2.45, 2.75) is 39.3 Å². The number of hydrogen-bond acceptors (Lipinski definition) is 5. The maximum absolute atomic E-state index is 12.3. The van der Waals surface area contributed by atoms with E-state index < -0.39 is 0 Å². The first-order chi connectivity index (χ1) is 12.8. The molecule has 6 nitrogen and oxygen atoms in total. The van der Waals surface area contributed by atoms with Gasteiger partial charge in [0, 0.05) is 24.8 Å². The number of anilines is 1. The highest BCUT2D eigenvalue weighted by Crippen LogP contribution is 2.34. The van der Waals surface area contributed by atoms with Crippen molar-refractivity contribution < 1.29 is 14.3 Å². The van der Waals surface area contributed by atoms with Gasteiger partial charge in [-0.05, 0) is 62.6 Å². The van der Waals surface area contributed by atoms with Crippen LogP contribution in [0.5, 0.6) is 11.5 Å². The topological polar surface area (TPSA) is 63.7 Å². The van der Waals surface area contributed by atoms with Gasteiger partial charge in [-0.3, -0.25) is 4.79 Å². The number of carbonyl (C=O) groups excluding carboxylic acids is 1. The quantitative estimate of drug-likeness (QED) is 0.897. The number of benzene rings is 1. The number of rotatable bonds is 4. The number of methoxy groups -OCH3 is 2. The van der Waals surface area contributed by atoms with Gasteiger partial charge in [0.15, 0.2) is 11.5 Å². The monoisotopic (exact) mass is 369 g/mol. The van der Waals surface area contributed by atoms with Crippen LogP contribution in [0.2, 0.25) is 0 Å². The first-order valence-electron chi connectivity index (χ1n) is 9.08. The summed E-state index contributed by atoms with van der Waals surface area (Å²) in [6.45, 7) is 7.49. The Morgan fingerprint density at radius 2 is 1.78 bits per heavy atom. The van der Waals surface area contributed by atoms with Gasteiger partial charge in [-0.1, -0.05) is 0 Å². The minimum absolute atomic E-state index is 0.109. The van der Waals surface area contributed by atoms with Crippen molar-refractivity contribution in [3.63, 3.8) is 0 Å². The third-order valence-electron chi connectivity index (χ3n) is 4.54. The van der Waals surface area contributed by atoms with Crippen LogP contribution in [0.15, 0.2) is 30.5 Å². The molecule has 0 atom stereocenters. The van der Waals surface area contributed by atoms with Crippen LogP contribution < -0.4 is 19.7 Å². The van der Waals surface area contributed by atoms with Crippen LogP contribution in [0, 0.1) is 0 Å². The molecule has 6 heteroatoms. The molecule has 3 rings (SSSR count). The van der Waals surface area contributed by atoms with Gasteiger partial charge in [-0.15, -0.1) is 0 Å². The zero-order valence-electron chi connectivity index (χ0n) is 16.6. The molecular formula is C21H27N3O3. The lowest BCUT2D eigenvalue weighted by Crippen LogP contribution is -2.40. The number of amides is 1. The second-order valence-electron chi connectivity index (χ2n) is 7.76. The van der Waals surface area contributed by atoms with E-state index in [1.54, 1.807) is 20.4 Å². The minimum Gasteiger partial charge on any atom is -0.493 e. The Labute approximate surface area is 160 Å². The van der Waals surface area contributed by atoms with Gasteiger partial charge in [-0.2, -0.15) is 0 Å². The van der Waals surface area contributed by atoms with Gasteiger partial charge in [0.25, 0.3) is 5.91 Å². The second kappa shape index (κ2) is 7.47. The molecule has 1 aliphatic heterocycles. The molecule has 2 aromatic rings. The summed E-state index contributed by atoms with van der Waals surface area (Å²) in [6, 6.07) is 7.82. The molecule has 0 spiro atoms. The highest BCUT2D eigenvalue weighted by Gasteiger charge is 2.21. The molecule has 0 unspecified atom stereocenters. The largest absolute Gasteiger partial charge is 0.493 e. The normalized spacial score (nSPS) is 13.7. The van der Waals surface area contributed by atoms with Crippen LogP contribution >= 0.6 is 0 Å². The maximum Gasteiger partial charge on any atom is 0.253 e. The molecule has 0 bridgehead atoms. The summed E-state index contributed by atoms with van der Waals surface area (Å²) in [5.74, 6) is 2.25. The fraction of sp³-hybridized carbons (Fsp3) is 0.429. The molecule has 27 heavy (non-hydrogen) atoms. The van der Waals surface area contributed by atoms with Crippen molar-refractivity contribution in [1.29, 1.82) is 0 Å². The highest BCUT2D eigenvalue weighted by atomic mass is 16.5. The van der Waals surface area contributed by atoms with Crippen LogP contribution in [0.1, 0.15) is 42.3 Å². The average molecular weight is 369 g/mol. The van der Waals surface area contributed by atoms with Crippen LogP contribution in [0.4, 0.5) is 5.82 Å². The van der Waals surface area contributed by atoms with E-state index in [-0.39, 0.29) is 11.4 Å². The first kappa shape index (κ1) is 19.0. The van der Waals surface area contributed by atoms with Gasteiger partial charge in [0.1, 0.15) is 5.82 Å². The highest BCUT2D eigenvalue weighted by molar-refractivity contribution is 5.94. The summed E-state index contributed by atoms with van der Waals surface area (Å²) in [5.41, 5.74) is 2.77. The van der Waals surface area contributed by atoms with Crippen molar-refractivity contribution in [3.05, 3.63) is 47.2 Å². The van der Waals surface area contributed by atoms with Crippen LogP contribution in [0.3, 0.4) is 0 Å². The Balaban J connectivity index is 1.76. The Hall–Kier alpha value is -2.76. The SMILES string of the molecule is COc1cc2c(cc1OC)CN(c1ccc(C(=O)NC(C)(C)C)cn1)CC2. The van der Waals surface area contributed by atoms with Crippen molar-refractivity contribution in [1.82, 2.24) is 10.3 Å². The summed E-state index contributed by atoms with van der Waals surface area (Å²) in [7, 11) is 3.30. The average Bonchev–Trinajstić information content (AvgIpc) is 2.65. The molecule has 1 aromatic carbocycles. The van der Waals surface area contributed by atoms with Crippen LogP contribution in [-0.2, 0) is 13.0 Å². The molecular weight excluding hydrogens is 342 g/mol. The molecule has 144 valence electrons. The predicted octanol–water partition coefficient (Wildman–Crippen LogP) is 3.19. The summed E-state index contributed by atoms with van der Waals surface area (Å²) < 4.78 is 10.8. The number of nitrogens with zero attached hydrogens (tertiary/aromatic N) is 2. The molecule has 1 aromatic heterocycles. The van der Waals surface area contributed by atoms with E-state index >= 15 is 0 Å². The molecule has 0 aliphatic carbocycles. The molecule has 1 amide bonds. The fourth-order valence-corrected chi connectivity index (χ4v) is 3.20. The van der Waals surface area contributed by atoms with Gasteiger partial charge in [-0.25, -0.2) is 4.98 Å². The zero-order valence-corrected chi connectivity index (χ0v) is 16.6. The van der Waals surface area contributed by atoms with Crippen LogP contribution in [0.25, 0.3) is 0 Å². The smallest absolute Gasteiger partial charge is 0.253 e. The Morgan fingerprint density at radius 1 is 1.11 bits per heavy atom. The van der Waals surface area contributed by atoms with Crippen molar-refractivity contribution in [3.8, 4) is 11.5 Å². The fourth-order valence-electron chi connectivity index (χ4n) is 3.20. The lowest BCUT2D eigenvalue weighted by Gasteiger charge is -2.30. The number of hydrogen-bond donors (Lipinski definition) is 1. The summed E-state index contributed by atoms with van der Waals surface area (Å²) in [5, 5.41) is 2.95. The van der Waals surface area contributed by atoms with Gasteiger partial charge in [0.05, 0.1) is 19.8 Å². The van der Waals surface area contributed by atoms with Crippen molar-refractivity contribution >= 4 is 11.7 Å². The number of ether oxygens (including phenoxy) is 2. The van der Waals surface area contributed by atoms with Crippen molar-refractivity contribution in [2.75, 3.05) is 25.7 Å².